The summed E-state index contributed by atoms with van der Waals surface area (Å²) in [6.45, 7) is 5.76. The van der Waals surface area contributed by atoms with Crippen molar-refractivity contribution in [2.45, 2.75) is 51.6 Å². The van der Waals surface area contributed by atoms with E-state index in [2.05, 4.69) is 10.1 Å². The molecular weight excluding hydrogens is 339 g/mol. The Hall–Kier alpha value is -2.37. The van der Waals surface area contributed by atoms with Crippen LogP contribution in [-0.2, 0) is 24.4 Å². The van der Waals surface area contributed by atoms with Crippen molar-refractivity contribution in [3.05, 3.63) is 52.8 Å². The van der Waals surface area contributed by atoms with Gasteiger partial charge in [-0.25, -0.2) is 9.50 Å². The van der Waals surface area contributed by atoms with Crippen LogP contribution in [0.5, 0.6) is 0 Å². The van der Waals surface area contributed by atoms with Crippen molar-refractivity contribution in [3.63, 3.8) is 0 Å². The zero-order valence-corrected chi connectivity index (χ0v) is 15.0. The van der Waals surface area contributed by atoms with Gasteiger partial charge in [-0.05, 0) is 42.5 Å². The molecule has 0 fully saturated rings. The molecule has 0 atom stereocenters. The third-order valence-corrected chi connectivity index (χ3v) is 4.88. The van der Waals surface area contributed by atoms with Gasteiger partial charge in [-0.15, -0.1) is 0 Å². The molecule has 0 radical (unpaired) electrons. The van der Waals surface area contributed by atoms with Gasteiger partial charge in [0.15, 0.2) is 11.3 Å². The van der Waals surface area contributed by atoms with E-state index in [1.807, 2.05) is 39.0 Å². The Kier molecular flexibility index (Phi) is 3.65. The smallest absolute Gasteiger partial charge is 0.228 e. The zero-order valence-electron chi connectivity index (χ0n) is 15.0. The summed E-state index contributed by atoms with van der Waals surface area (Å²) in [5, 5.41) is 4.18. The Morgan fingerprint density at radius 2 is 1.69 bits per heavy atom. The van der Waals surface area contributed by atoms with E-state index < -0.39 is 11.9 Å². The first kappa shape index (κ1) is 17.1. The number of rotatable bonds is 1. The van der Waals surface area contributed by atoms with Gasteiger partial charge in [-0.3, -0.25) is 0 Å². The molecule has 0 bridgehead atoms. The van der Waals surface area contributed by atoms with Crippen LogP contribution in [0.1, 0.15) is 49.7 Å². The first-order chi connectivity index (χ1) is 12.1. The Labute approximate surface area is 149 Å². The average Bonchev–Trinajstić information content (AvgIpc) is 3.18. The Morgan fingerprint density at radius 3 is 2.38 bits per heavy atom. The number of nitrogens with zero attached hydrogens (tertiary/aromatic N) is 3. The van der Waals surface area contributed by atoms with Crippen LogP contribution in [0.3, 0.4) is 0 Å². The molecule has 3 nitrogen and oxygen atoms in total. The van der Waals surface area contributed by atoms with Gasteiger partial charge in [-0.2, -0.15) is 18.3 Å². The molecule has 0 saturated carbocycles. The van der Waals surface area contributed by atoms with E-state index in [-0.39, 0.29) is 11.1 Å². The molecule has 4 rings (SSSR count). The second kappa shape index (κ2) is 5.56. The lowest BCUT2D eigenvalue weighted by atomic mass is 9.93. The third kappa shape index (κ3) is 2.87. The predicted octanol–water partition coefficient (Wildman–Crippen LogP) is 5.20. The lowest BCUT2D eigenvalue weighted by Gasteiger charge is -2.14. The normalized spacial score (nSPS) is 14.8. The Morgan fingerprint density at radius 1 is 0.962 bits per heavy atom. The van der Waals surface area contributed by atoms with Gasteiger partial charge in [0.05, 0.1) is 11.4 Å². The fourth-order valence-corrected chi connectivity index (χ4v) is 3.42. The summed E-state index contributed by atoms with van der Waals surface area (Å²) in [6.07, 6.45) is -1.41. The van der Waals surface area contributed by atoms with E-state index in [9.17, 15) is 13.2 Å². The van der Waals surface area contributed by atoms with Gasteiger partial charge in [0.1, 0.15) is 0 Å². The largest absolute Gasteiger partial charge is 0.433 e. The molecule has 0 saturated heterocycles. The highest BCUT2D eigenvalue weighted by Crippen LogP contribution is 2.34. The molecule has 0 spiro atoms. The lowest BCUT2D eigenvalue weighted by Crippen LogP contribution is -2.15. The molecule has 2 heterocycles. The molecule has 1 aliphatic rings. The van der Waals surface area contributed by atoms with Crippen molar-refractivity contribution in [2.75, 3.05) is 0 Å². The lowest BCUT2D eigenvalue weighted by molar-refractivity contribution is -0.142. The van der Waals surface area contributed by atoms with Gasteiger partial charge in [-0.1, -0.05) is 32.9 Å². The van der Waals surface area contributed by atoms with Crippen molar-refractivity contribution in [1.82, 2.24) is 14.6 Å². The van der Waals surface area contributed by atoms with Crippen LogP contribution in [0.2, 0.25) is 0 Å². The molecule has 136 valence electrons. The number of halogens is 3. The number of benzene rings is 1. The van der Waals surface area contributed by atoms with Crippen LogP contribution >= 0.6 is 0 Å². The van der Waals surface area contributed by atoms with Crippen molar-refractivity contribution in [1.29, 1.82) is 0 Å². The first-order valence-electron chi connectivity index (χ1n) is 8.73. The van der Waals surface area contributed by atoms with E-state index in [4.69, 9.17) is 0 Å². The quantitative estimate of drug-likeness (QED) is 0.598. The van der Waals surface area contributed by atoms with Crippen LogP contribution in [0.15, 0.2) is 30.3 Å². The van der Waals surface area contributed by atoms with Crippen molar-refractivity contribution in [2.24, 2.45) is 0 Å². The summed E-state index contributed by atoms with van der Waals surface area (Å²) >= 11 is 0. The second-order valence-corrected chi connectivity index (χ2v) is 7.91. The van der Waals surface area contributed by atoms with Crippen LogP contribution in [-0.4, -0.2) is 14.6 Å². The van der Waals surface area contributed by atoms with Gasteiger partial charge in [0, 0.05) is 17.0 Å². The number of hydrogen-bond acceptors (Lipinski definition) is 2. The molecule has 1 aliphatic carbocycles. The molecule has 0 amide bonds. The third-order valence-electron chi connectivity index (χ3n) is 4.88. The van der Waals surface area contributed by atoms with Crippen molar-refractivity contribution in [3.8, 4) is 11.3 Å². The van der Waals surface area contributed by atoms with Gasteiger partial charge >= 0.3 is 6.18 Å². The molecule has 0 aliphatic heterocycles. The fourth-order valence-electron chi connectivity index (χ4n) is 3.42. The topological polar surface area (TPSA) is 30.2 Å². The monoisotopic (exact) mass is 359 g/mol. The van der Waals surface area contributed by atoms with Crippen LogP contribution in [0.25, 0.3) is 16.9 Å². The molecule has 1 aromatic carbocycles. The van der Waals surface area contributed by atoms with Gasteiger partial charge < -0.3 is 0 Å². The number of fused-ring (bicyclic) bond motifs is 2. The number of aromatic nitrogens is 3. The van der Waals surface area contributed by atoms with Crippen LogP contribution < -0.4 is 0 Å². The number of hydrogen-bond donors (Lipinski definition) is 0. The van der Waals surface area contributed by atoms with Crippen molar-refractivity contribution >= 4 is 5.65 Å². The summed E-state index contributed by atoms with van der Waals surface area (Å²) in [5.41, 5.74) is 3.20. The molecule has 26 heavy (non-hydrogen) atoms. The average molecular weight is 359 g/mol. The fraction of sp³-hybridized carbons (Fsp3) is 0.400. The SMILES string of the molecule is CC(C)(C)c1cc2nc(-c3ccc4c(c3)CCC4)cc(C(F)(F)F)n2n1. The van der Waals surface area contributed by atoms with Gasteiger partial charge in [0.2, 0.25) is 0 Å². The summed E-state index contributed by atoms with van der Waals surface area (Å²) in [4.78, 5) is 4.48. The minimum absolute atomic E-state index is 0.222. The zero-order chi connectivity index (χ0) is 18.7. The molecule has 2 aromatic heterocycles. The minimum atomic E-state index is -4.51. The Balaban J connectivity index is 1.93. The summed E-state index contributed by atoms with van der Waals surface area (Å²) in [6, 6.07) is 8.59. The second-order valence-electron chi connectivity index (χ2n) is 7.91. The van der Waals surface area contributed by atoms with E-state index >= 15 is 0 Å². The molecule has 0 unspecified atom stereocenters. The summed E-state index contributed by atoms with van der Waals surface area (Å²) in [5.74, 6) is 0. The predicted molar refractivity (Wildman–Crippen MR) is 94.2 cm³/mol. The molecule has 3 aromatic rings. The maximum atomic E-state index is 13.7. The highest BCUT2D eigenvalue weighted by molar-refractivity contribution is 5.65. The highest BCUT2D eigenvalue weighted by Gasteiger charge is 2.36. The maximum Gasteiger partial charge on any atom is 0.433 e. The molecule has 6 heteroatoms. The summed E-state index contributed by atoms with van der Waals surface area (Å²) in [7, 11) is 0. The maximum absolute atomic E-state index is 13.7. The molecule has 0 N–H and O–H groups in total. The highest BCUT2D eigenvalue weighted by atomic mass is 19.4. The minimum Gasteiger partial charge on any atom is -0.228 e. The standard InChI is InChI=1S/C20H20F3N3/c1-19(2,3)16-11-18-24-15(10-17(20(21,22)23)26(18)25-16)14-8-7-12-5-4-6-13(12)9-14/h7-11H,4-6H2,1-3H3. The van der Waals surface area contributed by atoms with E-state index in [1.165, 1.54) is 11.1 Å². The Bertz CT molecular complexity index is 994. The van der Waals surface area contributed by atoms with Crippen molar-refractivity contribution < 1.29 is 13.2 Å². The van der Waals surface area contributed by atoms with Crippen LogP contribution in [0, 0.1) is 0 Å². The molecular formula is C20H20F3N3. The van der Waals surface area contributed by atoms with Gasteiger partial charge in [0.25, 0.3) is 0 Å². The number of alkyl halides is 3. The first-order valence-corrected chi connectivity index (χ1v) is 8.73. The summed E-state index contributed by atoms with van der Waals surface area (Å²) < 4.78 is 41.9. The van der Waals surface area contributed by atoms with E-state index in [0.29, 0.717) is 11.4 Å². The van der Waals surface area contributed by atoms with E-state index in [0.717, 1.165) is 35.4 Å². The number of aryl methyl sites for hydroxylation is 2. The van der Waals surface area contributed by atoms with E-state index in [1.54, 1.807) is 6.07 Å². The van der Waals surface area contributed by atoms with Crippen LogP contribution in [0.4, 0.5) is 13.2 Å².